The van der Waals surface area contributed by atoms with Crippen LogP contribution < -0.4 is 4.31 Å². The molecule has 0 aliphatic heterocycles. The van der Waals surface area contributed by atoms with E-state index in [1.54, 1.807) is 61.8 Å². The molecule has 0 amide bonds. The highest BCUT2D eigenvalue weighted by Gasteiger charge is 2.26. The van der Waals surface area contributed by atoms with E-state index < -0.39 is 16.0 Å². The minimum atomic E-state index is -3.95. The summed E-state index contributed by atoms with van der Waals surface area (Å²) >= 11 is 6.17. The number of hydrogen-bond acceptors (Lipinski definition) is 8. The number of benzene rings is 2. The number of esters is 1. The summed E-state index contributed by atoms with van der Waals surface area (Å²) in [5.74, 6) is -0.467. The van der Waals surface area contributed by atoms with Gasteiger partial charge in [0.15, 0.2) is 6.61 Å². The Kier molecular flexibility index (Phi) is 6.90. The summed E-state index contributed by atoms with van der Waals surface area (Å²) in [6.45, 7) is 1.61. The molecule has 0 atom stereocenters. The van der Waals surface area contributed by atoms with Crippen molar-refractivity contribution in [2.45, 2.75) is 18.4 Å². The van der Waals surface area contributed by atoms with Crippen molar-refractivity contribution in [1.82, 2.24) is 15.1 Å². The van der Waals surface area contributed by atoms with Crippen LogP contribution in [-0.4, -0.2) is 36.1 Å². The topological polar surface area (TPSA) is 115 Å². The van der Waals surface area contributed by atoms with Gasteiger partial charge in [-0.05, 0) is 49.4 Å². The van der Waals surface area contributed by atoms with E-state index in [0.717, 1.165) is 0 Å². The number of rotatable bonds is 8. The minimum absolute atomic E-state index is 0.0493. The number of hydrogen-bond donors (Lipinski definition) is 0. The fraction of sp³-hybridized carbons (Fsp3) is 0.130. The molecule has 0 saturated carbocycles. The monoisotopic (exact) mass is 498 g/mol. The largest absolute Gasteiger partial charge is 0.452 e. The van der Waals surface area contributed by atoms with Gasteiger partial charge in [-0.15, -0.1) is 0 Å². The van der Waals surface area contributed by atoms with Crippen LogP contribution in [0.15, 0.2) is 82.5 Å². The first-order valence-electron chi connectivity index (χ1n) is 10.2. The van der Waals surface area contributed by atoms with E-state index in [1.165, 1.54) is 22.5 Å². The Morgan fingerprint density at radius 1 is 1.12 bits per heavy atom. The predicted octanol–water partition coefficient (Wildman–Crippen LogP) is 4.36. The molecular formula is C23H19ClN4O5S. The number of nitrogens with zero attached hydrogens (tertiary/aromatic N) is 4. The molecule has 0 N–H and O–H groups in total. The van der Waals surface area contributed by atoms with Gasteiger partial charge >= 0.3 is 5.97 Å². The molecule has 11 heteroatoms. The number of para-hydroxylation sites is 1. The SMILES string of the molecule is CCN(c1ccccc1)S(=O)(=O)c1ccc(Cl)c(C(=O)OCc2nc(-c3cccnc3)no2)c1. The molecule has 4 aromatic rings. The third-order valence-corrected chi connectivity index (χ3v) is 7.02. The summed E-state index contributed by atoms with van der Waals surface area (Å²) in [7, 11) is -3.95. The molecule has 0 spiro atoms. The maximum atomic E-state index is 13.3. The lowest BCUT2D eigenvalue weighted by Crippen LogP contribution is -2.30. The molecule has 2 aromatic carbocycles. The first kappa shape index (κ1) is 23.4. The first-order chi connectivity index (χ1) is 16.4. The molecular weight excluding hydrogens is 480 g/mol. The standard InChI is InChI=1S/C23H19ClN4O5S/c1-2-28(17-8-4-3-5-9-17)34(30,31)18-10-11-20(24)19(13-18)23(29)32-15-21-26-22(27-33-21)16-7-6-12-25-14-16/h3-14H,2,15H2,1H3. The van der Waals surface area contributed by atoms with E-state index >= 15 is 0 Å². The van der Waals surface area contributed by atoms with E-state index in [1.807, 2.05) is 0 Å². The summed E-state index contributed by atoms with van der Waals surface area (Å²) in [4.78, 5) is 20.7. The number of sulfonamides is 1. The summed E-state index contributed by atoms with van der Waals surface area (Å²) in [6, 6.07) is 16.0. The molecule has 0 radical (unpaired) electrons. The number of anilines is 1. The molecule has 9 nitrogen and oxygen atoms in total. The van der Waals surface area contributed by atoms with Gasteiger partial charge in [-0.3, -0.25) is 9.29 Å². The normalized spacial score (nSPS) is 11.2. The van der Waals surface area contributed by atoms with Crippen molar-refractivity contribution in [3.05, 3.63) is 89.5 Å². The molecule has 0 unspecified atom stereocenters. The maximum absolute atomic E-state index is 13.3. The molecule has 2 heterocycles. The Hall–Kier alpha value is -3.76. The van der Waals surface area contributed by atoms with Crippen molar-refractivity contribution in [2.75, 3.05) is 10.8 Å². The van der Waals surface area contributed by atoms with E-state index in [-0.39, 0.29) is 34.5 Å². The van der Waals surface area contributed by atoms with Gasteiger partial charge in [0.05, 0.1) is 21.2 Å². The van der Waals surface area contributed by atoms with Gasteiger partial charge in [0.25, 0.3) is 15.9 Å². The second kappa shape index (κ2) is 10.0. The smallest absolute Gasteiger partial charge is 0.340 e. The van der Waals surface area contributed by atoms with Crippen LogP contribution in [0.5, 0.6) is 0 Å². The van der Waals surface area contributed by atoms with Gasteiger partial charge < -0.3 is 9.26 Å². The minimum Gasteiger partial charge on any atom is -0.452 e. The van der Waals surface area contributed by atoms with Crippen LogP contribution >= 0.6 is 11.6 Å². The molecule has 174 valence electrons. The number of ether oxygens (including phenoxy) is 1. The zero-order chi connectivity index (χ0) is 24.1. The predicted molar refractivity (Wildman–Crippen MR) is 125 cm³/mol. The van der Waals surface area contributed by atoms with E-state index in [9.17, 15) is 13.2 Å². The molecule has 0 fully saturated rings. The van der Waals surface area contributed by atoms with Crippen LogP contribution in [0.1, 0.15) is 23.2 Å². The lowest BCUT2D eigenvalue weighted by Gasteiger charge is -2.23. The first-order valence-corrected chi connectivity index (χ1v) is 12.0. The number of aromatic nitrogens is 3. The van der Waals surface area contributed by atoms with Crippen molar-refractivity contribution >= 4 is 33.3 Å². The van der Waals surface area contributed by atoms with Crippen molar-refractivity contribution in [2.24, 2.45) is 0 Å². The van der Waals surface area contributed by atoms with Crippen LogP contribution in [0.3, 0.4) is 0 Å². The highest BCUT2D eigenvalue weighted by Crippen LogP contribution is 2.27. The van der Waals surface area contributed by atoms with Gasteiger partial charge in [-0.2, -0.15) is 4.98 Å². The third kappa shape index (κ3) is 4.92. The van der Waals surface area contributed by atoms with Crippen molar-refractivity contribution < 1.29 is 22.5 Å². The van der Waals surface area contributed by atoms with Gasteiger partial charge in [0.1, 0.15) is 0 Å². The zero-order valence-corrected chi connectivity index (χ0v) is 19.5. The number of carbonyl (C=O) groups is 1. The lowest BCUT2D eigenvalue weighted by molar-refractivity contribution is 0.0429. The van der Waals surface area contributed by atoms with Crippen LogP contribution in [-0.2, 0) is 21.4 Å². The fourth-order valence-electron chi connectivity index (χ4n) is 3.16. The van der Waals surface area contributed by atoms with Crippen LogP contribution in [0, 0.1) is 0 Å². The molecule has 0 saturated heterocycles. The average molecular weight is 499 g/mol. The lowest BCUT2D eigenvalue weighted by atomic mass is 10.2. The summed E-state index contributed by atoms with van der Waals surface area (Å²) in [5.41, 5.74) is 1.05. The van der Waals surface area contributed by atoms with Crippen LogP contribution in [0.25, 0.3) is 11.4 Å². The van der Waals surface area contributed by atoms with Crippen molar-refractivity contribution in [3.8, 4) is 11.4 Å². The van der Waals surface area contributed by atoms with Crippen molar-refractivity contribution in [1.29, 1.82) is 0 Å². The summed E-state index contributed by atoms with van der Waals surface area (Å²) in [5, 5.41) is 3.88. The van der Waals surface area contributed by atoms with Gasteiger partial charge in [0, 0.05) is 24.5 Å². The molecule has 0 aliphatic carbocycles. The summed E-state index contributed by atoms with van der Waals surface area (Å²) in [6.07, 6.45) is 3.19. The second-order valence-electron chi connectivity index (χ2n) is 6.98. The van der Waals surface area contributed by atoms with Gasteiger partial charge in [0.2, 0.25) is 5.82 Å². The zero-order valence-electron chi connectivity index (χ0n) is 18.0. The van der Waals surface area contributed by atoms with Crippen LogP contribution in [0.2, 0.25) is 5.02 Å². The van der Waals surface area contributed by atoms with E-state index in [0.29, 0.717) is 17.1 Å². The molecule has 0 bridgehead atoms. The number of pyridine rings is 1. The molecule has 34 heavy (non-hydrogen) atoms. The highest BCUT2D eigenvalue weighted by atomic mass is 35.5. The number of carbonyl (C=O) groups excluding carboxylic acids is 1. The second-order valence-corrected chi connectivity index (χ2v) is 9.25. The van der Waals surface area contributed by atoms with E-state index in [2.05, 4.69) is 15.1 Å². The van der Waals surface area contributed by atoms with Gasteiger partial charge in [-0.25, -0.2) is 13.2 Å². The molecule has 2 aromatic heterocycles. The van der Waals surface area contributed by atoms with Crippen molar-refractivity contribution in [3.63, 3.8) is 0 Å². The highest BCUT2D eigenvalue weighted by molar-refractivity contribution is 7.92. The average Bonchev–Trinajstić information content (AvgIpc) is 3.33. The Balaban J connectivity index is 1.53. The quantitative estimate of drug-likeness (QED) is 0.329. The Morgan fingerprint density at radius 2 is 1.91 bits per heavy atom. The van der Waals surface area contributed by atoms with Crippen LogP contribution in [0.4, 0.5) is 5.69 Å². The Labute approximate surface area is 201 Å². The molecule has 4 rings (SSSR count). The molecule has 0 aliphatic rings. The fourth-order valence-corrected chi connectivity index (χ4v) is 4.86. The Bertz CT molecular complexity index is 1400. The Morgan fingerprint density at radius 3 is 2.62 bits per heavy atom. The maximum Gasteiger partial charge on any atom is 0.340 e. The summed E-state index contributed by atoms with van der Waals surface area (Å²) < 4.78 is 38.1. The number of halogens is 1. The third-order valence-electron chi connectivity index (χ3n) is 4.79. The van der Waals surface area contributed by atoms with E-state index in [4.69, 9.17) is 20.9 Å². The van der Waals surface area contributed by atoms with Gasteiger partial charge in [-0.1, -0.05) is 35.0 Å².